The summed E-state index contributed by atoms with van der Waals surface area (Å²) in [6.45, 7) is 0.524. The van der Waals surface area contributed by atoms with Crippen molar-refractivity contribution < 1.29 is 19.1 Å². The van der Waals surface area contributed by atoms with Crippen molar-refractivity contribution in [2.24, 2.45) is 0 Å². The Balaban J connectivity index is 2.15. The molecule has 102 valence electrons. The SMILES string of the molecule is O=C(O)CC1CCCCN1C(=O)c1ccc(F)cn1. The fraction of sp³-hybridized carbons (Fsp3) is 0.462. The Hall–Kier alpha value is -1.98. The van der Waals surface area contributed by atoms with Crippen LogP contribution in [0.1, 0.15) is 36.2 Å². The second kappa shape index (κ2) is 5.77. The van der Waals surface area contributed by atoms with Crippen molar-refractivity contribution in [2.45, 2.75) is 31.7 Å². The van der Waals surface area contributed by atoms with Gasteiger partial charge in [-0.05, 0) is 31.4 Å². The summed E-state index contributed by atoms with van der Waals surface area (Å²) in [5, 5.41) is 8.87. The molecule has 0 saturated carbocycles. The molecule has 1 aromatic rings. The van der Waals surface area contributed by atoms with E-state index in [2.05, 4.69) is 4.98 Å². The van der Waals surface area contributed by atoms with Gasteiger partial charge in [-0.25, -0.2) is 9.37 Å². The molecule has 1 aliphatic heterocycles. The number of nitrogens with zero attached hydrogens (tertiary/aromatic N) is 2. The standard InChI is InChI=1S/C13H15FN2O3/c14-9-4-5-11(15-8-9)13(19)16-6-2-1-3-10(16)7-12(17)18/h4-5,8,10H,1-3,6-7H2,(H,17,18). The van der Waals surface area contributed by atoms with Gasteiger partial charge in [0.2, 0.25) is 0 Å². The molecular weight excluding hydrogens is 251 g/mol. The highest BCUT2D eigenvalue weighted by molar-refractivity contribution is 5.92. The number of carbonyl (C=O) groups excluding carboxylic acids is 1. The van der Waals surface area contributed by atoms with E-state index >= 15 is 0 Å². The van der Waals surface area contributed by atoms with Gasteiger partial charge in [0.15, 0.2) is 0 Å². The van der Waals surface area contributed by atoms with Gasteiger partial charge < -0.3 is 10.0 Å². The molecule has 0 radical (unpaired) electrons. The van der Waals surface area contributed by atoms with Crippen LogP contribution in [0.15, 0.2) is 18.3 Å². The number of aliphatic carboxylic acids is 1. The number of rotatable bonds is 3. The minimum Gasteiger partial charge on any atom is -0.481 e. The maximum Gasteiger partial charge on any atom is 0.305 e. The minimum absolute atomic E-state index is 0.0626. The molecule has 1 aromatic heterocycles. The van der Waals surface area contributed by atoms with Crippen molar-refractivity contribution >= 4 is 11.9 Å². The molecule has 0 bridgehead atoms. The second-order valence-electron chi connectivity index (χ2n) is 4.61. The number of pyridine rings is 1. The number of aromatic nitrogens is 1. The third-order valence-corrected chi connectivity index (χ3v) is 3.24. The molecule has 2 heterocycles. The van der Waals surface area contributed by atoms with Gasteiger partial charge in [-0.1, -0.05) is 0 Å². The molecule has 1 aliphatic rings. The van der Waals surface area contributed by atoms with E-state index in [0.29, 0.717) is 13.0 Å². The maximum atomic E-state index is 12.8. The first-order chi connectivity index (χ1) is 9.08. The summed E-state index contributed by atoms with van der Waals surface area (Å²) in [5.74, 6) is -1.75. The minimum atomic E-state index is -0.920. The molecule has 6 heteroatoms. The number of amides is 1. The van der Waals surface area contributed by atoms with Gasteiger partial charge in [0, 0.05) is 12.6 Å². The monoisotopic (exact) mass is 266 g/mol. The molecule has 5 nitrogen and oxygen atoms in total. The lowest BCUT2D eigenvalue weighted by molar-refractivity contribution is -0.138. The summed E-state index contributed by atoms with van der Waals surface area (Å²) in [4.78, 5) is 28.4. The molecule has 0 aromatic carbocycles. The van der Waals surface area contributed by atoms with Gasteiger partial charge in [0.05, 0.1) is 12.6 Å². The summed E-state index contributed by atoms with van der Waals surface area (Å²) in [6.07, 6.45) is 3.37. The first-order valence-corrected chi connectivity index (χ1v) is 6.22. The van der Waals surface area contributed by atoms with Crippen LogP contribution in [-0.4, -0.2) is 39.5 Å². The average Bonchev–Trinajstić information content (AvgIpc) is 2.39. The molecule has 1 atom stereocenters. The number of carboxylic acids is 1. The van der Waals surface area contributed by atoms with Crippen LogP contribution < -0.4 is 0 Å². The normalized spacial score (nSPS) is 19.2. The Kier molecular flexibility index (Phi) is 4.09. The van der Waals surface area contributed by atoms with Crippen molar-refractivity contribution in [1.82, 2.24) is 9.88 Å². The van der Waals surface area contributed by atoms with Crippen molar-refractivity contribution in [3.8, 4) is 0 Å². The van der Waals surface area contributed by atoms with E-state index in [1.54, 1.807) is 0 Å². The lowest BCUT2D eigenvalue weighted by atomic mass is 9.99. The van der Waals surface area contributed by atoms with Crippen LogP contribution in [0.5, 0.6) is 0 Å². The smallest absolute Gasteiger partial charge is 0.305 e. The molecule has 1 saturated heterocycles. The van der Waals surface area contributed by atoms with E-state index in [9.17, 15) is 14.0 Å². The van der Waals surface area contributed by atoms with Crippen molar-refractivity contribution in [1.29, 1.82) is 0 Å². The van der Waals surface area contributed by atoms with Crippen molar-refractivity contribution in [3.05, 3.63) is 29.8 Å². The molecule has 0 spiro atoms. The predicted octanol–water partition coefficient (Wildman–Crippen LogP) is 1.69. The predicted molar refractivity (Wildman–Crippen MR) is 65.1 cm³/mol. The lowest BCUT2D eigenvalue weighted by Gasteiger charge is -2.34. The number of hydrogen-bond donors (Lipinski definition) is 1. The average molecular weight is 266 g/mol. The van der Waals surface area contributed by atoms with Gasteiger partial charge in [0.25, 0.3) is 5.91 Å². The lowest BCUT2D eigenvalue weighted by Crippen LogP contribution is -2.45. The molecule has 1 N–H and O–H groups in total. The Morgan fingerprint density at radius 2 is 2.21 bits per heavy atom. The highest BCUT2D eigenvalue weighted by Gasteiger charge is 2.29. The Morgan fingerprint density at radius 3 is 2.84 bits per heavy atom. The number of carboxylic acid groups (broad SMARTS) is 1. The van der Waals surface area contributed by atoms with Gasteiger partial charge in [-0.2, -0.15) is 0 Å². The van der Waals surface area contributed by atoms with E-state index in [-0.39, 0.29) is 24.1 Å². The molecule has 1 unspecified atom stereocenters. The Labute approximate surface area is 110 Å². The molecule has 0 aliphatic carbocycles. The van der Waals surface area contributed by atoms with E-state index < -0.39 is 11.8 Å². The molecule has 1 amide bonds. The van der Waals surface area contributed by atoms with Crippen molar-refractivity contribution in [2.75, 3.05) is 6.54 Å². The largest absolute Gasteiger partial charge is 0.481 e. The van der Waals surface area contributed by atoms with Gasteiger partial charge in [-0.3, -0.25) is 9.59 Å². The zero-order valence-corrected chi connectivity index (χ0v) is 10.4. The number of likely N-dealkylation sites (tertiary alicyclic amines) is 1. The van der Waals surface area contributed by atoms with E-state index in [0.717, 1.165) is 19.0 Å². The Morgan fingerprint density at radius 1 is 1.42 bits per heavy atom. The van der Waals surface area contributed by atoms with Crippen LogP contribution in [0.2, 0.25) is 0 Å². The molecule has 19 heavy (non-hydrogen) atoms. The quantitative estimate of drug-likeness (QED) is 0.903. The number of piperidine rings is 1. The van der Waals surface area contributed by atoms with Crippen LogP contribution >= 0.6 is 0 Å². The highest BCUT2D eigenvalue weighted by Crippen LogP contribution is 2.21. The van der Waals surface area contributed by atoms with Crippen LogP contribution in [0, 0.1) is 5.82 Å². The van der Waals surface area contributed by atoms with Gasteiger partial charge in [-0.15, -0.1) is 0 Å². The summed E-state index contributed by atoms with van der Waals surface area (Å²) in [5.41, 5.74) is 0.152. The molecular formula is C13H15FN2O3. The number of carbonyl (C=O) groups is 2. The number of hydrogen-bond acceptors (Lipinski definition) is 3. The zero-order valence-electron chi connectivity index (χ0n) is 10.4. The second-order valence-corrected chi connectivity index (χ2v) is 4.61. The summed E-state index contributed by atoms with van der Waals surface area (Å²) >= 11 is 0. The van der Waals surface area contributed by atoms with Crippen LogP contribution in [-0.2, 0) is 4.79 Å². The highest BCUT2D eigenvalue weighted by atomic mass is 19.1. The molecule has 2 rings (SSSR count). The summed E-state index contributed by atoms with van der Waals surface area (Å²) < 4.78 is 12.8. The third-order valence-electron chi connectivity index (χ3n) is 3.24. The van der Waals surface area contributed by atoms with E-state index in [1.165, 1.54) is 17.0 Å². The Bertz CT molecular complexity index is 475. The van der Waals surface area contributed by atoms with Crippen LogP contribution in [0.25, 0.3) is 0 Å². The first-order valence-electron chi connectivity index (χ1n) is 6.22. The fourth-order valence-electron chi connectivity index (χ4n) is 2.33. The van der Waals surface area contributed by atoms with Crippen LogP contribution in [0.4, 0.5) is 4.39 Å². The van der Waals surface area contributed by atoms with Gasteiger partial charge in [0.1, 0.15) is 11.5 Å². The number of halogens is 1. The molecule has 1 fully saturated rings. The van der Waals surface area contributed by atoms with Crippen LogP contribution in [0.3, 0.4) is 0 Å². The fourth-order valence-corrected chi connectivity index (χ4v) is 2.33. The topological polar surface area (TPSA) is 70.5 Å². The first kappa shape index (κ1) is 13.5. The summed E-state index contributed by atoms with van der Waals surface area (Å²) in [7, 11) is 0. The zero-order chi connectivity index (χ0) is 13.8. The van der Waals surface area contributed by atoms with E-state index in [1.807, 2.05) is 0 Å². The third kappa shape index (κ3) is 3.27. The van der Waals surface area contributed by atoms with Crippen molar-refractivity contribution in [3.63, 3.8) is 0 Å². The summed E-state index contributed by atoms with van der Waals surface area (Å²) in [6, 6.07) is 2.20. The van der Waals surface area contributed by atoms with Gasteiger partial charge >= 0.3 is 5.97 Å². The maximum absolute atomic E-state index is 12.8. The van der Waals surface area contributed by atoms with E-state index in [4.69, 9.17) is 5.11 Å².